The SMILES string of the molecule is CC(C)c1cccc(C(C)C)c1NC(=O)COC(=O)CCC(=O)c1ccc(Br)cc1. The lowest BCUT2D eigenvalue weighted by molar-refractivity contribution is -0.147. The number of amides is 1. The molecule has 1 amide bonds. The van der Waals surface area contributed by atoms with Gasteiger partial charge >= 0.3 is 5.97 Å². The molecule has 0 fully saturated rings. The third-order valence-electron chi connectivity index (χ3n) is 4.72. The van der Waals surface area contributed by atoms with Crippen molar-refractivity contribution in [3.63, 3.8) is 0 Å². The van der Waals surface area contributed by atoms with Crippen LogP contribution in [0.15, 0.2) is 46.9 Å². The zero-order valence-corrected chi connectivity index (χ0v) is 19.4. The van der Waals surface area contributed by atoms with Crippen LogP contribution in [0, 0.1) is 0 Å². The molecule has 0 atom stereocenters. The van der Waals surface area contributed by atoms with Crippen LogP contribution < -0.4 is 5.32 Å². The first kappa shape index (κ1) is 23.8. The van der Waals surface area contributed by atoms with Crippen LogP contribution >= 0.6 is 15.9 Å². The minimum Gasteiger partial charge on any atom is -0.456 e. The van der Waals surface area contributed by atoms with Crippen LogP contribution in [0.5, 0.6) is 0 Å². The Labute approximate surface area is 186 Å². The van der Waals surface area contributed by atoms with Crippen molar-refractivity contribution in [3.05, 3.63) is 63.6 Å². The summed E-state index contributed by atoms with van der Waals surface area (Å²) in [6, 6.07) is 12.9. The number of Topliss-reactive ketones (excluding diaryl/α,β-unsaturated/α-hetero) is 1. The summed E-state index contributed by atoms with van der Waals surface area (Å²) in [4.78, 5) is 36.5. The fourth-order valence-electron chi connectivity index (χ4n) is 3.08. The monoisotopic (exact) mass is 473 g/mol. The van der Waals surface area contributed by atoms with Gasteiger partial charge in [-0.1, -0.05) is 74.0 Å². The second-order valence-electron chi connectivity index (χ2n) is 7.76. The maximum absolute atomic E-state index is 12.4. The Kier molecular flexibility index (Phi) is 8.78. The first-order valence-electron chi connectivity index (χ1n) is 10.1. The van der Waals surface area contributed by atoms with E-state index in [1.807, 2.05) is 18.2 Å². The van der Waals surface area contributed by atoms with Gasteiger partial charge in [-0.25, -0.2) is 0 Å². The number of para-hydroxylation sites is 1. The normalized spacial score (nSPS) is 10.9. The number of anilines is 1. The lowest BCUT2D eigenvalue weighted by Crippen LogP contribution is -2.23. The van der Waals surface area contributed by atoms with Gasteiger partial charge in [-0.05, 0) is 35.1 Å². The number of nitrogens with one attached hydrogen (secondary N) is 1. The molecule has 0 heterocycles. The lowest BCUT2D eigenvalue weighted by Gasteiger charge is -2.20. The number of hydrogen-bond acceptors (Lipinski definition) is 4. The highest BCUT2D eigenvalue weighted by Gasteiger charge is 2.17. The van der Waals surface area contributed by atoms with E-state index in [0.29, 0.717) is 5.56 Å². The summed E-state index contributed by atoms with van der Waals surface area (Å²) in [5.41, 5.74) is 3.41. The molecule has 0 aromatic heterocycles. The van der Waals surface area contributed by atoms with Crippen LogP contribution in [0.1, 0.15) is 73.9 Å². The van der Waals surface area contributed by atoms with Crippen LogP contribution in [0.2, 0.25) is 0 Å². The van der Waals surface area contributed by atoms with Crippen LogP contribution in [-0.2, 0) is 14.3 Å². The fraction of sp³-hybridized carbons (Fsp3) is 0.375. The molecular formula is C24H28BrNO4. The first-order valence-corrected chi connectivity index (χ1v) is 10.8. The third-order valence-corrected chi connectivity index (χ3v) is 5.25. The average Bonchev–Trinajstić information content (AvgIpc) is 2.70. The topological polar surface area (TPSA) is 72.5 Å². The highest BCUT2D eigenvalue weighted by atomic mass is 79.9. The molecule has 0 saturated carbocycles. The molecule has 0 unspecified atom stereocenters. The third kappa shape index (κ3) is 6.80. The molecular weight excluding hydrogens is 446 g/mol. The van der Waals surface area contributed by atoms with Gasteiger partial charge in [-0.3, -0.25) is 14.4 Å². The zero-order valence-electron chi connectivity index (χ0n) is 17.8. The lowest BCUT2D eigenvalue weighted by atomic mass is 9.92. The van der Waals surface area contributed by atoms with Crippen molar-refractivity contribution in [1.82, 2.24) is 0 Å². The van der Waals surface area contributed by atoms with Gasteiger partial charge in [0.25, 0.3) is 5.91 Å². The molecule has 2 aromatic carbocycles. The van der Waals surface area contributed by atoms with Gasteiger partial charge in [0.2, 0.25) is 0 Å². The van der Waals surface area contributed by atoms with E-state index in [2.05, 4.69) is 48.9 Å². The molecule has 5 nitrogen and oxygen atoms in total. The maximum atomic E-state index is 12.4. The largest absolute Gasteiger partial charge is 0.456 e. The Morgan fingerprint density at radius 1 is 0.900 bits per heavy atom. The summed E-state index contributed by atoms with van der Waals surface area (Å²) in [6.45, 7) is 7.89. The molecule has 6 heteroatoms. The van der Waals surface area contributed by atoms with Crippen molar-refractivity contribution >= 4 is 39.3 Å². The molecule has 0 aliphatic carbocycles. The molecule has 160 valence electrons. The standard InChI is InChI=1S/C24H28BrNO4/c1-15(2)19-6-5-7-20(16(3)4)24(19)26-22(28)14-30-23(29)13-12-21(27)17-8-10-18(25)11-9-17/h5-11,15-16H,12-14H2,1-4H3,(H,26,28). The number of esters is 1. The van der Waals surface area contributed by atoms with E-state index in [9.17, 15) is 14.4 Å². The van der Waals surface area contributed by atoms with Gasteiger partial charge in [0.05, 0.1) is 6.42 Å². The maximum Gasteiger partial charge on any atom is 0.306 e. The number of benzene rings is 2. The molecule has 0 bridgehead atoms. The number of ether oxygens (including phenoxy) is 1. The predicted molar refractivity (Wildman–Crippen MR) is 122 cm³/mol. The van der Waals surface area contributed by atoms with Gasteiger partial charge in [0, 0.05) is 22.1 Å². The van der Waals surface area contributed by atoms with E-state index in [4.69, 9.17) is 4.74 Å². The number of halogens is 1. The number of carbonyl (C=O) groups is 3. The van der Waals surface area contributed by atoms with E-state index < -0.39 is 11.9 Å². The van der Waals surface area contributed by atoms with Crippen molar-refractivity contribution in [2.45, 2.75) is 52.4 Å². The summed E-state index contributed by atoms with van der Waals surface area (Å²) in [7, 11) is 0. The van der Waals surface area contributed by atoms with E-state index in [1.165, 1.54) is 0 Å². The molecule has 0 saturated heterocycles. The Hall–Kier alpha value is -2.47. The quantitative estimate of drug-likeness (QED) is 0.366. The molecule has 30 heavy (non-hydrogen) atoms. The molecule has 0 aliphatic heterocycles. The summed E-state index contributed by atoms with van der Waals surface area (Å²) in [5, 5.41) is 2.91. The first-order chi connectivity index (χ1) is 14.2. The van der Waals surface area contributed by atoms with Crippen molar-refractivity contribution in [3.8, 4) is 0 Å². The number of carbonyl (C=O) groups excluding carboxylic acids is 3. The van der Waals surface area contributed by atoms with Gasteiger partial charge < -0.3 is 10.1 Å². The van der Waals surface area contributed by atoms with Crippen LogP contribution in [0.25, 0.3) is 0 Å². The van der Waals surface area contributed by atoms with Crippen LogP contribution in [-0.4, -0.2) is 24.3 Å². The molecule has 1 N–H and O–H groups in total. The number of ketones is 1. The number of hydrogen-bond donors (Lipinski definition) is 1. The van der Waals surface area contributed by atoms with Crippen molar-refractivity contribution in [2.24, 2.45) is 0 Å². The molecule has 0 radical (unpaired) electrons. The van der Waals surface area contributed by atoms with Gasteiger partial charge in [-0.2, -0.15) is 0 Å². The molecule has 2 aromatic rings. The highest BCUT2D eigenvalue weighted by molar-refractivity contribution is 9.10. The minimum atomic E-state index is -0.572. The second-order valence-corrected chi connectivity index (χ2v) is 8.68. The summed E-state index contributed by atoms with van der Waals surface area (Å²) < 4.78 is 5.95. The van der Waals surface area contributed by atoms with Crippen LogP contribution in [0.3, 0.4) is 0 Å². The number of rotatable bonds is 9. The second kappa shape index (κ2) is 11.1. The Morgan fingerprint density at radius 2 is 1.47 bits per heavy atom. The smallest absolute Gasteiger partial charge is 0.306 e. The van der Waals surface area contributed by atoms with Crippen molar-refractivity contribution in [1.29, 1.82) is 0 Å². The predicted octanol–water partition coefficient (Wildman–Crippen LogP) is 5.84. The highest BCUT2D eigenvalue weighted by Crippen LogP contribution is 2.32. The summed E-state index contributed by atoms with van der Waals surface area (Å²) in [5.74, 6) is -0.622. The van der Waals surface area contributed by atoms with E-state index in [1.54, 1.807) is 24.3 Å². The summed E-state index contributed by atoms with van der Waals surface area (Å²) in [6.07, 6.45) is -0.0300. The van der Waals surface area contributed by atoms with E-state index in [0.717, 1.165) is 21.3 Å². The van der Waals surface area contributed by atoms with Crippen molar-refractivity contribution in [2.75, 3.05) is 11.9 Å². The Balaban J connectivity index is 1.89. The average molecular weight is 474 g/mol. The molecule has 2 rings (SSSR count). The minimum absolute atomic E-state index is 0.0375. The summed E-state index contributed by atoms with van der Waals surface area (Å²) >= 11 is 3.32. The Bertz CT molecular complexity index is 878. The Morgan fingerprint density at radius 3 is 2.00 bits per heavy atom. The van der Waals surface area contributed by atoms with Crippen LogP contribution in [0.4, 0.5) is 5.69 Å². The molecule has 0 spiro atoms. The van der Waals surface area contributed by atoms with E-state index in [-0.39, 0.29) is 37.1 Å². The fourth-order valence-corrected chi connectivity index (χ4v) is 3.35. The van der Waals surface area contributed by atoms with Gasteiger partial charge in [-0.15, -0.1) is 0 Å². The molecule has 0 aliphatic rings. The zero-order chi connectivity index (χ0) is 22.3. The van der Waals surface area contributed by atoms with Gasteiger partial charge in [0.1, 0.15) is 0 Å². The van der Waals surface area contributed by atoms with Crippen molar-refractivity contribution < 1.29 is 19.1 Å². The van der Waals surface area contributed by atoms with E-state index >= 15 is 0 Å². The van der Waals surface area contributed by atoms with Gasteiger partial charge in [0.15, 0.2) is 12.4 Å².